The maximum atomic E-state index is 13.0. The standard InChI is InChI=1S/C72H140O17P2/c1-7-10-12-14-16-18-20-24-28-32-36-43-49-55-70(75)82-60-67(88-71(76)56-50-44-37-33-29-26-23-21-22-25-27-30-34-40-46-52-64(4)5)62-86-90(78,79)84-58-66(73)59-85-91(80,81)87-63-68(89-72(77)57-51-45-39-38-41-47-53-65(6)9-3)61-83-69(74)54-48-42-35-31-19-17-15-13-11-8-2/h64-68,73H,7-63H2,1-6H3,(H,78,79)(H,80,81)/t65?,66-,67-,68-/m1/s1. The Morgan fingerprint density at radius 3 is 0.835 bits per heavy atom. The third kappa shape index (κ3) is 65.1. The van der Waals surface area contributed by atoms with Crippen molar-refractivity contribution in [3.8, 4) is 0 Å². The lowest BCUT2D eigenvalue weighted by molar-refractivity contribution is -0.161. The van der Waals surface area contributed by atoms with E-state index in [9.17, 15) is 43.2 Å². The van der Waals surface area contributed by atoms with Gasteiger partial charge < -0.3 is 33.8 Å². The summed E-state index contributed by atoms with van der Waals surface area (Å²) in [7, 11) is -9.90. The molecule has 0 bridgehead atoms. The average Bonchev–Trinajstić information content (AvgIpc) is 3.32. The molecule has 3 N–H and O–H groups in total. The van der Waals surface area contributed by atoms with Crippen molar-refractivity contribution in [2.24, 2.45) is 11.8 Å². The molecule has 0 aliphatic carbocycles. The molecule has 0 radical (unpaired) electrons. The van der Waals surface area contributed by atoms with Crippen molar-refractivity contribution in [1.82, 2.24) is 0 Å². The summed E-state index contributed by atoms with van der Waals surface area (Å²) in [6.45, 7) is 9.54. The molecule has 0 amide bonds. The SMILES string of the molecule is CCCCCCCCCCCCCCCC(=O)OC[C@H](COP(=O)(O)OC[C@@H](O)COP(=O)(O)OC[C@@H](COC(=O)CCCCCCCCCCCC)OC(=O)CCCCCCCCC(C)CC)OC(=O)CCCCCCCCCCCCCCCCCC(C)C. The second-order valence-corrected chi connectivity index (χ2v) is 29.6. The van der Waals surface area contributed by atoms with Crippen molar-refractivity contribution in [3.05, 3.63) is 0 Å². The van der Waals surface area contributed by atoms with Crippen LogP contribution in [0.2, 0.25) is 0 Å². The van der Waals surface area contributed by atoms with Gasteiger partial charge in [0, 0.05) is 25.7 Å². The molecule has 540 valence electrons. The van der Waals surface area contributed by atoms with E-state index in [1.807, 2.05) is 0 Å². The molecule has 19 heteroatoms. The lowest BCUT2D eigenvalue weighted by Gasteiger charge is -2.21. The summed E-state index contributed by atoms with van der Waals surface area (Å²) in [6, 6.07) is 0. The number of hydrogen-bond donors (Lipinski definition) is 3. The Morgan fingerprint density at radius 2 is 0.560 bits per heavy atom. The maximum Gasteiger partial charge on any atom is 0.472 e. The second-order valence-electron chi connectivity index (χ2n) is 26.7. The van der Waals surface area contributed by atoms with Crippen LogP contribution in [0.5, 0.6) is 0 Å². The van der Waals surface area contributed by atoms with Crippen LogP contribution in [-0.2, 0) is 65.4 Å². The summed E-state index contributed by atoms with van der Waals surface area (Å²) < 4.78 is 68.3. The highest BCUT2D eigenvalue weighted by Crippen LogP contribution is 2.45. The zero-order chi connectivity index (χ0) is 67.2. The van der Waals surface area contributed by atoms with Crippen molar-refractivity contribution in [1.29, 1.82) is 0 Å². The van der Waals surface area contributed by atoms with E-state index in [-0.39, 0.29) is 25.7 Å². The Labute approximate surface area is 556 Å². The van der Waals surface area contributed by atoms with Crippen molar-refractivity contribution >= 4 is 39.5 Å². The third-order valence-electron chi connectivity index (χ3n) is 17.1. The van der Waals surface area contributed by atoms with Crippen LogP contribution in [0, 0.1) is 11.8 Å². The fraction of sp³-hybridized carbons (Fsp3) is 0.944. The average molecular weight is 1340 g/mol. The number of carbonyl (C=O) groups is 4. The summed E-state index contributed by atoms with van der Waals surface area (Å²) in [5.41, 5.74) is 0. The van der Waals surface area contributed by atoms with Gasteiger partial charge in [0.05, 0.1) is 26.4 Å². The Balaban J connectivity index is 5.22. The van der Waals surface area contributed by atoms with Gasteiger partial charge in [-0.1, -0.05) is 318 Å². The molecule has 0 saturated heterocycles. The van der Waals surface area contributed by atoms with Crippen LogP contribution in [0.15, 0.2) is 0 Å². The van der Waals surface area contributed by atoms with Crippen molar-refractivity contribution < 1.29 is 80.2 Å². The van der Waals surface area contributed by atoms with Gasteiger partial charge in [-0.3, -0.25) is 37.3 Å². The van der Waals surface area contributed by atoms with Crippen LogP contribution >= 0.6 is 15.6 Å². The normalized spacial score (nSPS) is 14.4. The highest BCUT2D eigenvalue weighted by atomic mass is 31.2. The van der Waals surface area contributed by atoms with Gasteiger partial charge in [-0.15, -0.1) is 0 Å². The highest BCUT2D eigenvalue weighted by molar-refractivity contribution is 7.47. The quantitative estimate of drug-likeness (QED) is 0.0222. The fourth-order valence-electron chi connectivity index (χ4n) is 10.9. The maximum absolute atomic E-state index is 13.0. The molecule has 0 rings (SSSR count). The molecule has 3 unspecified atom stereocenters. The van der Waals surface area contributed by atoms with E-state index in [1.54, 1.807) is 0 Å². The minimum absolute atomic E-state index is 0.103. The summed E-state index contributed by atoms with van der Waals surface area (Å²) in [6.07, 6.45) is 49.9. The van der Waals surface area contributed by atoms with E-state index in [0.29, 0.717) is 25.7 Å². The van der Waals surface area contributed by atoms with Gasteiger partial charge in [0.25, 0.3) is 0 Å². The predicted octanol–water partition coefficient (Wildman–Crippen LogP) is 20.8. The van der Waals surface area contributed by atoms with E-state index in [4.69, 9.17) is 37.0 Å². The molecule has 0 aliphatic rings. The largest absolute Gasteiger partial charge is 0.472 e. The smallest absolute Gasteiger partial charge is 0.462 e. The minimum Gasteiger partial charge on any atom is -0.462 e. The number of phosphoric acid groups is 2. The monoisotopic (exact) mass is 1340 g/mol. The number of aliphatic hydroxyl groups is 1. The predicted molar refractivity (Wildman–Crippen MR) is 368 cm³/mol. The van der Waals surface area contributed by atoms with Crippen LogP contribution in [-0.4, -0.2) is 96.7 Å². The van der Waals surface area contributed by atoms with E-state index in [1.165, 1.54) is 186 Å². The van der Waals surface area contributed by atoms with Gasteiger partial charge in [-0.25, -0.2) is 9.13 Å². The summed E-state index contributed by atoms with van der Waals surface area (Å²) >= 11 is 0. The molecular weight excluding hydrogens is 1200 g/mol. The van der Waals surface area contributed by atoms with Gasteiger partial charge in [-0.2, -0.15) is 0 Å². The van der Waals surface area contributed by atoms with Gasteiger partial charge in [0.2, 0.25) is 0 Å². The van der Waals surface area contributed by atoms with Crippen molar-refractivity contribution in [3.63, 3.8) is 0 Å². The zero-order valence-electron chi connectivity index (χ0n) is 59.1. The first-order valence-corrected chi connectivity index (χ1v) is 40.5. The van der Waals surface area contributed by atoms with E-state index < -0.39 is 97.5 Å². The topological polar surface area (TPSA) is 237 Å². The Bertz CT molecular complexity index is 1770. The first kappa shape index (κ1) is 89.1. The second kappa shape index (κ2) is 64.1. The summed E-state index contributed by atoms with van der Waals surface area (Å²) in [5, 5.41) is 10.6. The van der Waals surface area contributed by atoms with Gasteiger partial charge >= 0.3 is 39.5 Å². The molecule has 0 aromatic carbocycles. The van der Waals surface area contributed by atoms with Gasteiger partial charge in [0.15, 0.2) is 12.2 Å². The van der Waals surface area contributed by atoms with Gasteiger partial charge in [-0.05, 0) is 37.5 Å². The molecule has 0 aromatic heterocycles. The summed E-state index contributed by atoms with van der Waals surface area (Å²) in [5.74, 6) is -0.600. The Morgan fingerprint density at radius 1 is 0.319 bits per heavy atom. The molecule has 0 heterocycles. The molecule has 17 nitrogen and oxygen atoms in total. The molecule has 91 heavy (non-hydrogen) atoms. The van der Waals surface area contributed by atoms with Crippen LogP contribution in [0.4, 0.5) is 0 Å². The first-order valence-electron chi connectivity index (χ1n) is 37.5. The number of unbranched alkanes of at least 4 members (excludes halogenated alkanes) is 40. The van der Waals surface area contributed by atoms with Crippen LogP contribution in [0.3, 0.4) is 0 Å². The summed E-state index contributed by atoms with van der Waals surface area (Å²) in [4.78, 5) is 72.6. The number of ether oxygens (including phenoxy) is 4. The number of carbonyl (C=O) groups excluding carboxylic acids is 4. The van der Waals surface area contributed by atoms with E-state index in [2.05, 4.69) is 41.5 Å². The van der Waals surface area contributed by atoms with E-state index >= 15 is 0 Å². The van der Waals surface area contributed by atoms with Crippen molar-refractivity contribution in [2.75, 3.05) is 39.6 Å². The zero-order valence-corrected chi connectivity index (χ0v) is 60.9. The van der Waals surface area contributed by atoms with Gasteiger partial charge in [0.1, 0.15) is 19.3 Å². The number of rotatable bonds is 71. The molecule has 0 aliphatic heterocycles. The van der Waals surface area contributed by atoms with Crippen LogP contribution in [0.25, 0.3) is 0 Å². The molecule has 6 atom stereocenters. The highest BCUT2D eigenvalue weighted by Gasteiger charge is 2.30. The van der Waals surface area contributed by atoms with Crippen LogP contribution in [0.1, 0.15) is 369 Å². The third-order valence-corrected chi connectivity index (χ3v) is 19.0. The number of aliphatic hydroxyl groups excluding tert-OH is 1. The lowest BCUT2D eigenvalue weighted by Crippen LogP contribution is -2.30. The van der Waals surface area contributed by atoms with Crippen LogP contribution < -0.4 is 0 Å². The first-order chi connectivity index (χ1) is 43.9. The molecule has 0 saturated carbocycles. The lowest BCUT2D eigenvalue weighted by atomic mass is 10.00. The minimum atomic E-state index is -4.95. The fourth-order valence-corrected chi connectivity index (χ4v) is 12.5. The molecule has 0 fully saturated rings. The van der Waals surface area contributed by atoms with E-state index in [0.717, 1.165) is 102 Å². The number of hydrogen-bond acceptors (Lipinski definition) is 15. The molecular formula is C72H140O17P2. The van der Waals surface area contributed by atoms with Crippen molar-refractivity contribution in [2.45, 2.75) is 387 Å². The Hall–Kier alpha value is -1.94. The molecule has 0 aromatic rings. The number of phosphoric ester groups is 2. The number of esters is 4. The molecule has 0 spiro atoms. The Kier molecular flexibility index (Phi) is 62.7.